The average molecular weight is 456 g/mol. The van der Waals surface area contributed by atoms with E-state index in [0.717, 1.165) is 16.4 Å². The number of amides is 1. The van der Waals surface area contributed by atoms with Crippen LogP contribution in [0.2, 0.25) is 0 Å². The average Bonchev–Trinajstić information content (AvgIpc) is 3.16. The summed E-state index contributed by atoms with van der Waals surface area (Å²) in [7, 11) is -2.94. The van der Waals surface area contributed by atoms with Crippen molar-refractivity contribution >= 4 is 38.4 Å². The van der Waals surface area contributed by atoms with Crippen molar-refractivity contribution in [3.8, 4) is 0 Å². The molecule has 166 valence electrons. The van der Waals surface area contributed by atoms with Gasteiger partial charge >= 0.3 is 0 Å². The molecule has 2 aliphatic rings. The highest BCUT2D eigenvalue weighted by atomic mass is 32.2. The zero-order valence-electron chi connectivity index (χ0n) is 17.3. The van der Waals surface area contributed by atoms with Gasteiger partial charge in [-0.3, -0.25) is 9.79 Å². The van der Waals surface area contributed by atoms with Crippen molar-refractivity contribution in [2.24, 2.45) is 4.99 Å². The minimum Gasteiger partial charge on any atom is -0.356 e. The van der Waals surface area contributed by atoms with Crippen LogP contribution in [0.4, 0.5) is 5.69 Å². The van der Waals surface area contributed by atoms with Gasteiger partial charge in [-0.05, 0) is 31.5 Å². The third-order valence-corrected chi connectivity index (χ3v) is 7.94. The van der Waals surface area contributed by atoms with Gasteiger partial charge in [0.2, 0.25) is 5.91 Å². The van der Waals surface area contributed by atoms with Crippen LogP contribution in [0.25, 0.3) is 0 Å². The Labute approximate surface area is 182 Å². The number of carbonyl (C=O) groups is 1. The van der Waals surface area contributed by atoms with Crippen LogP contribution >= 0.6 is 11.8 Å². The van der Waals surface area contributed by atoms with Gasteiger partial charge in [0.15, 0.2) is 21.3 Å². The molecule has 0 unspecified atom stereocenters. The van der Waals surface area contributed by atoms with E-state index in [4.69, 9.17) is 9.47 Å². The number of carbonyl (C=O) groups excluding carboxylic acids is 1. The number of ether oxygens (including phenoxy) is 2. The van der Waals surface area contributed by atoms with E-state index in [1.807, 2.05) is 38.1 Å². The van der Waals surface area contributed by atoms with E-state index < -0.39 is 9.84 Å². The summed E-state index contributed by atoms with van der Waals surface area (Å²) in [4.78, 5) is 16.6. The van der Waals surface area contributed by atoms with Gasteiger partial charge in [0.25, 0.3) is 0 Å². The SMILES string of the molecule is CCOC(CCNC(=O)Cc1ccc(NC2=N[C@H]3CS(=O)(=O)C[C@@H]3S2)cc1)OCC. The Morgan fingerprint density at radius 1 is 1.20 bits per heavy atom. The van der Waals surface area contributed by atoms with Gasteiger partial charge in [-0.2, -0.15) is 0 Å². The van der Waals surface area contributed by atoms with E-state index in [-0.39, 0.29) is 35.0 Å². The summed E-state index contributed by atoms with van der Waals surface area (Å²) < 4.78 is 34.2. The van der Waals surface area contributed by atoms with Crippen molar-refractivity contribution in [1.82, 2.24) is 5.32 Å². The molecule has 1 amide bonds. The lowest BCUT2D eigenvalue weighted by atomic mass is 10.1. The number of aliphatic imine (C=N–C) groups is 1. The maximum Gasteiger partial charge on any atom is 0.224 e. The van der Waals surface area contributed by atoms with Crippen molar-refractivity contribution in [1.29, 1.82) is 0 Å². The molecule has 0 radical (unpaired) electrons. The molecule has 30 heavy (non-hydrogen) atoms. The molecule has 0 spiro atoms. The second kappa shape index (κ2) is 10.6. The number of anilines is 1. The Balaban J connectivity index is 1.42. The normalized spacial score (nSPS) is 22.0. The minimum absolute atomic E-state index is 0.0190. The quantitative estimate of drug-likeness (QED) is 0.518. The summed E-state index contributed by atoms with van der Waals surface area (Å²) in [5.41, 5.74) is 1.78. The monoisotopic (exact) mass is 455 g/mol. The van der Waals surface area contributed by atoms with Crippen LogP contribution in [0.15, 0.2) is 29.3 Å². The molecule has 2 aliphatic heterocycles. The number of fused-ring (bicyclic) bond motifs is 1. The maximum absolute atomic E-state index is 12.2. The molecule has 8 nitrogen and oxygen atoms in total. The highest BCUT2D eigenvalue weighted by molar-refractivity contribution is 8.15. The van der Waals surface area contributed by atoms with Gasteiger partial charge in [-0.1, -0.05) is 23.9 Å². The summed E-state index contributed by atoms with van der Waals surface area (Å²) in [5.74, 6) is 0.285. The van der Waals surface area contributed by atoms with Gasteiger partial charge in [0.1, 0.15) is 0 Å². The van der Waals surface area contributed by atoms with Crippen LogP contribution in [-0.4, -0.2) is 68.3 Å². The Kier molecular flexibility index (Phi) is 8.15. The first-order valence-electron chi connectivity index (χ1n) is 10.2. The predicted molar refractivity (Wildman–Crippen MR) is 120 cm³/mol. The van der Waals surface area contributed by atoms with Gasteiger partial charge in [-0.15, -0.1) is 0 Å². The highest BCUT2D eigenvalue weighted by Crippen LogP contribution is 2.34. The summed E-state index contributed by atoms with van der Waals surface area (Å²) in [6, 6.07) is 7.45. The molecule has 1 saturated heterocycles. The third kappa shape index (κ3) is 6.69. The number of benzene rings is 1. The molecule has 0 bridgehead atoms. The molecule has 0 aliphatic carbocycles. The van der Waals surface area contributed by atoms with Crippen LogP contribution in [-0.2, 0) is 30.5 Å². The Morgan fingerprint density at radius 3 is 2.53 bits per heavy atom. The second-order valence-corrected chi connectivity index (χ2v) is 10.6. The van der Waals surface area contributed by atoms with Gasteiger partial charge < -0.3 is 20.1 Å². The third-order valence-electron chi connectivity index (χ3n) is 4.80. The molecule has 0 aromatic heterocycles. The number of hydrogen-bond donors (Lipinski definition) is 2. The van der Waals surface area contributed by atoms with Crippen LogP contribution < -0.4 is 10.6 Å². The zero-order valence-corrected chi connectivity index (χ0v) is 18.9. The molecular weight excluding hydrogens is 426 g/mol. The van der Waals surface area contributed by atoms with E-state index in [1.54, 1.807) is 0 Å². The Hall–Kier alpha value is -1.62. The Bertz CT molecular complexity index is 852. The van der Waals surface area contributed by atoms with Crippen LogP contribution in [0, 0.1) is 0 Å². The molecule has 1 fully saturated rings. The fraction of sp³-hybridized carbons (Fsp3) is 0.600. The highest BCUT2D eigenvalue weighted by Gasteiger charge is 2.42. The Morgan fingerprint density at radius 2 is 1.90 bits per heavy atom. The zero-order chi connectivity index (χ0) is 21.6. The first-order chi connectivity index (χ1) is 14.4. The topological polar surface area (TPSA) is 106 Å². The number of amidine groups is 1. The van der Waals surface area contributed by atoms with Crippen LogP contribution in [0.3, 0.4) is 0 Å². The van der Waals surface area contributed by atoms with Crippen molar-refractivity contribution < 1.29 is 22.7 Å². The number of sulfone groups is 1. The van der Waals surface area contributed by atoms with E-state index in [1.165, 1.54) is 11.8 Å². The first kappa shape index (κ1) is 23.1. The molecule has 2 heterocycles. The molecular formula is C20H29N3O5S2. The second-order valence-electron chi connectivity index (χ2n) is 7.21. The fourth-order valence-corrected chi connectivity index (χ4v) is 7.09. The molecule has 3 rings (SSSR count). The number of nitrogens with zero attached hydrogens (tertiary/aromatic N) is 1. The van der Waals surface area contributed by atoms with E-state index >= 15 is 0 Å². The predicted octanol–water partition coefficient (Wildman–Crippen LogP) is 1.81. The summed E-state index contributed by atoms with van der Waals surface area (Å²) in [5, 5.41) is 6.90. The lowest BCUT2D eigenvalue weighted by molar-refractivity contribution is -0.139. The minimum atomic E-state index is -2.94. The van der Waals surface area contributed by atoms with Gasteiger partial charge in [0, 0.05) is 37.1 Å². The van der Waals surface area contributed by atoms with Crippen LogP contribution in [0.1, 0.15) is 25.8 Å². The molecule has 0 saturated carbocycles. The van der Waals surface area contributed by atoms with Gasteiger partial charge in [-0.25, -0.2) is 8.42 Å². The van der Waals surface area contributed by atoms with Crippen molar-refractivity contribution in [3.05, 3.63) is 29.8 Å². The largest absolute Gasteiger partial charge is 0.356 e. The lowest BCUT2D eigenvalue weighted by Crippen LogP contribution is -2.30. The van der Waals surface area contributed by atoms with Crippen molar-refractivity contribution in [2.75, 3.05) is 36.6 Å². The van der Waals surface area contributed by atoms with Crippen molar-refractivity contribution in [3.63, 3.8) is 0 Å². The molecule has 2 atom stereocenters. The number of hydrogen-bond acceptors (Lipinski definition) is 8. The van der Waals surface area contributed by atoms with E-state index in [0.29, 0.717) is 32.6 Å². The first-order valence-corrected chi connectivity index (χ1v) is 12.9. The van der Waals surface area contributed by atoms with Crippen LogP contribution in [0.5, 0.6) is 0 Å². The number of thioether (sulfide) groups is 1. The van der Waals surface area contributed by atoms with Crippen molar-refractivity contribution in [2.45, 2.75) is 44.3 Å². The standard InChI is InChI=1S/C20H29N3O5S2/c1-3-27-19(28-4-2)9-10-21-18(24)11-14-5-7-15(8-6-14)22-20-23-16-12-30(25,26)13-17(16)29-20/h5-8,16-17,19H,3-4,9-13H2,1-2H3,(H,21,24)(H,22,23)/t16-,17-/m0/s1. The molecule has 1 aromatic carbocycles. The van der Waals surface area contributed by atoms with E-state index in [2.05, 4.69) is 15.6 Å². The maximum atomic E-state index is 12.2. The molecule has 2 N–H and O–H groups in total. The number of rotatable bonds is 10. The molecule has 1 aromatic rings. The summed E-state index contributed by atoms with van der Waals surface area (Å²) in [6.07, 6.45) is 0.618. The van der Waals surface area contributed by atoms with Gasteiger partial charge in [0.05, 0.1) is 24.0 Å². The number of nitrogens with one attached hydrogen (secondary N) is 2. The van der Waals surface area contributed by atoms with E-state index in [9.17, 15) is 13.2 Å². The smallest absolute Gasteiger partial charge is 0.224 e. The summed E-state index contributed by atoms with van der Waals surface area (Å²) >= 11 is 1.49. The summed E-state index contributed by atoms with van der Waals surface area (Å²) in [6.45, 7) is 5.47. The lowest BCUT2D eigenvalue weighted by Gasteiger charge is -2.17. The molecule has 10 heteroatoms. The fourth-order valence-electron chi connectivity index (χ4n) is 3.41.